The minimum atomic E-state index is -0.804. The average molecular weight is 267 g/mol. The second kappa shape index (κ2) is 7.71. The number of imide groups is 1. The summed E-state index contributed by atoms with van der Waals surface area (Å²) in [5.41, 5.74) is 0. The van der Waals surface area contributed by atoms with Crippen molar-refractivity contribution in [1.29, 1.82) is 0 Å². The zero-order valence-corrected chi connectivity index (χ0v) is 11.6. The van der Waals surface area contributed by atoms with E-state index in [0.717, 1.165) is 30.6 Å². The summed E-state index contributed by atoms with van der Waals surface area (Å²) in [5.74, 6) is -1.39. The molecule has 5 heteroatoms. The smallest absolute Gasteiger partial charge is 0.329 e. The van der Waals surface area contributed by atoms with Crippen molar-refractivity contribution in [1.82, 2.24) is 4.90 Å². The molecule has 0 aromatic rings. The van der Waals surface area contributed by atoms with Gasteiger partial charge in [0.1, 0.15) is 6.04 Å². The highest BCUT2D eigenvalue weighted by atomic mass is 16.5. The lowest BCUT2D eigenvalue weighted by atomic mass is 10.2. The highest BCUT2D eigenvalue weighted by molar-refractivity contribution is 6.14. The van der Waals surface area contributed by atoms with Crippen LogP contribution in [0.2, 0.25) is 0 Å². The van der Waals surface area contributed by atoms with E-state index in [2.05, 4.69) is 6.92 Å². The fraction of sp³-hybridized carbons (Fsp3) is 0.643. The van der Waals surface area contributed by atoms with Gasteiger partial charge in [-0.15, -0.1) is 0 Å². The number of esters is 1. The lowest BCUT2D eigenvalue weighted by Gasteiger charge is -2.23. The molecule has 1 aliphatic rings. The minimum absolute atomic E-state index is 0.346. The zero-order chi connectivity index (χ0) is 14.3. The monoisotopic (exact) mass is 267 g/mol. The quantitative estimate of drug-likeness (QED) is 0.382. The van der Waals surface area contributed by atoms with Gasteiger partial charge in [-0.2, -0.15) is 0 Å². The Morgan fingerprint density at radius 2 is 1.79 bits per heavy atom. The van der Waals surface area contributed by atoms with Crippen molar-refractivity contribution in [3.05, 3.63) is 12.2 Å². The van der Waals surface area contributed by atoms with Gasteiger partial charge in [0.05, 0.1) is 6.61 Å². The number of unbranched alkanes of at least 4 members (excludes halogenated alkanes) is 3. The number of amides is 2. The van der Waals surface area contributed by atoms with Crippen LogP contribution < -0.4 is 0 Å². The Bertz CT molecular complexity index is 358. The molecule has 1 rings (SSSR count). The third-order valence-corrected chi connectivity index (χ3v) is 3.06. The van der Waals surface area contributed by atoms with E-state index in [-0.39, 0.29) is 0 Å². The second-order valence-corrected chi connectivity index (χ2v) is 4.53. The Labute approximate surface area is 113 Å². The molecule has 0 saturated carbocycles. The average Bonchev–Trinajstić information content (AvgIpc) is 2.71. The van der Waals surface area contributed by atoms with Crippen LogP contribution in [0.5, 0.6) is 0 Å². The van der Waals surface area contributed by atoms with Crippen molar-refractivity contribution in [2.45, 2.75) is 52.0 Å². The standard InChI is InChI=1S/C14H21NO4/c1-3-5-6-7-10-19-14(18)11(4-2)15-12(16)8-9-13(15)17/h8-9,11H,3-7,10H2,1-2H3. The van der Waals surface area contributed by atoms with Crippen molar-refractivity contribution >= 4 is 17.8 Å². The SMILES string of the molecule is CCCCCCOC(=O)C(CC)N1C(=O)C=CC1=O. The summed E-state index contributed by atoms with van der Waals surface area (Å²) in [6.07, 6.45) is 6.79. The maximum Gasteiger partial charge on any atom is 0.329 e. The summed E-state index contributed by atoms with van der Waals surface area (Å²) < 4.78 is 5.14. The second-order valence-electron chi connectivity index (χ2n) is 4.53. The number of hydrogen-bond acceptors (Lipinski definition) is 4. The number of carbonyl (C=O) groups is 3. The molecule has 0 saturated heterocycles. The summed E-state index contributed by atoms with van der Waals surface area (Å²) in [4.78, 5) is 35.9. The van der Waals surface area contributed by atoms with Crippen molar-refractivity contribution in [2.75, 3.05) is 6.61 Å². The summed E-state index contributed by atoms with van der Waals surface area (Å²) >= 11 is 0. The Balaban J connectivity index is 2.44. The fourth-order valence-electron chi connectivity index (χ4n) is 1.97. The van der Waals surface area contributed by atoms with Crippen molar-refractivity contribution < 1.29 is 19.1 Å². The van der Waals surface area contributed by atoms with E-state index in [1.165, 1.54) is 12.2 Å². The Kier molecular flexibility index (Phi) is 6.25. The summed E-state index contributed by atoms with van der Waals surface area (Å²) in [6, 6.07) is -0.804. The molecule has 1 atom stereocenters. The zero-order valence-electron chi connectivity index (χ0n) is 11.6. The largest absolute Gasteiger partial charge is 0.464 e. The first-order valence-corrected chi connectivity index (χ1v) is 6.83. The first-order valence-electron chi connectivity index (χ1n) is 6.83. The van der Waals surface area contributed by atoms with E-state index in [9.17, 15) is 14.4 Å². The molecule has 0 aliphatic carbocycles. The third kappa shape index (κ3) is 4.19. The molecule has 1 heterocycles. The highest BCUT2D eigenvalue weighted by Gasteiger charge is 2.35. The molecule has 0 spiro atoms. The van der Waals surface area contributed by atoms with Crippen LogP contribution in [0.4, 0.5) is 0 Å². The number of ether oxygens (including phenoxy) is 1. The lowest BCUT2D eigenvalue weighted by molar-refractivity contribution is -0.157. The lowest BCUT2D eigenvalue weighted by Crippen LogP contribution is -2.45. The molecular formula is C14H21NO4. The van der Waals surface area contributed by atoms with Crippen LogP contribution in [-0.4, -0.2) is 35.3 Å². The van der Waals surface area contributed by atoms with Crippen molar-refractivity contribution in [2.24, 2.45) is 0 Å². The first-order chi connectivity index (χ1) is 9.11. The van der Waals surface area contributed by atoms with E-state index in [1.807, 2.05) is 0 Å². The molecule has 0 fully saturated rings. The molecule has 0 aromatic heterocycles. The number of carbonyl (C=O) groups excluding carboxylic acids is 3. The van der Waals surface area contributed by atoms with Crippen molar-refractivity contribution in [3.63, 3.8) is 0 Å². The molecule has 2 amide bonds. The van der Waals surface area contributed by atoms with Crippen LogP contribution in [-0.2, 0) is 19.1 Å². The topological polar surface area (TPSA) is 63.7 Å². The van der Waals surface area contributed by atoms with Gasteiger partial charge in [0.15, 0.2) is 0 Å². The van der Waals surface area contributed by atoms with E-state index in [1.54, 1.807) is 6.92 Å². The van der Waals surface area contributed by atoms with E-state index in [0.29, 0.717) is 13.0 Å². The van der Waals surface area contributed by atoms with Crippen molar-refractivity contribution in [3.8, 4) is 0 Å². The number of hydrogen-bond donors (Lipinski definition) is 0. The number of nitrogens with zero attached hydrogens (tertiary/aromatic N) is 1. The molecule has 0 radical (unpaired) electrons. The third-order valence-electron chi connectivity index (χ3n) is 3.06. The van der Waals surface area contributed by atoms with Crippen LogP contribution in [0, 0.1) is 0 Å². The Morgan fingerprint density at radius 3 is 2.32 bits per heavy atom. The number of rotatable bonds is 8. The molecule has 1 unspecified atom stereocenters. The Hall–Kier alpha value is -1.65. The maximum absolute atomic E-state index is 11.9. The van der Waals surface area contributed by atoms with Gasteiger partial charge >= 0.3 is 5.97 Å². The van der Waals surface area contributed by atoms with Crippen LogP contribution in [0.15, 0.2) is 12.2 Å². The molecule has 5 nitrogen and oxygen atoms in total. The van der Waals surface area contributed by atoms with Crippen LogP contribution >= 0.6 is 0 Å². The highest BCUT2D eigenvalue weighted by Crippen LogP contribution is 2.13. The molecular weight excluding hydrogens is 246 g/mol. The predicted molar refractivity (Wildman–Crippen MR) is 70.2 cm³/mol. The van der Waals surface area contributed by atoms with Gasteiger partial charge in [-0.1, -0.05) is 33.1 Å². The normalized spacial score (nSPS) is 16.0. The first kappa shape index (κ1) is 15.4. The Morgan fingerprint density at radius 1 is 1.16 bits per heavy atom. The minimum Gasteiger partial charge on any atom is -0.464 e. The molecule has 106 valence electrons. The maximum atomic E-state index is 11.9. The van der Waals surface area contributed by atoms with E-state index in [4.69, 9.17) is 4.74 Å². The summed E-state index contributed by atoms with van der Waals surface area (Å²) in [5, 5.41) is 0. The summed E-state index contributed by atoms with van der Waals surface area (Å²) in [7, 11) is 0. The molecule has 0 bridgehead atoms. The van der Waals surface area contributed by atoms with Gasteiger partial charge < -0.3 is 4.74 Å². The molecule has 1 aliphatic heterocycles. The fourth-order valence-corrected chi connectivity index (χ4v) is 1.97. The van der Waals surface area contributed by atoms with Gasteiger partial charge in [0, 0.05) is 12.2 Å². The summed E-state index contributed by atoms with van der Waals surface area (Å²) in [6.45, 7) is 4.21. The predicted octanol–water partition coefficient (Wildman–Crippen LogP) is 1.81. The molecule has 0 N–H and O–H groups in total. The van der Waals surface area contributed by atoms with Gasteiger partial charge in [-0.05, 0) is 12.8 Å². The van der Waals surface area contributed by atoms with Gasteiger partial charge in [-0.3, -0.25) is 14.5 Å². The van der Waals surface area contributed by atoms with Crippen LogP contribution in [0.25, 0.3) is 0 Å². The van der Waals surface area contributed by atoms with Crippen LogP contribution in [0.3, 0.4) is 0 Å². The molecule has 19 heavy (non-hydrogen) atoms. The van der Waals surface area contributed by atoms with Gasteiger partial charge in [0.2, 0.25) is 0 Å². The van der Waals surface area contributed by atoms with E-state index >= 15 is 0 Å². The van der Waals surface area contributed by atoms with E-state index < -0.39 is 23.8 Å². The molecule has 0 aromatic carbocycles. The van der Waals surface area contributed by atoms with Crippen LogP contribution in [0.1, 0.15) is 46.0 Å². The van der Waals surface area contributed by atoms with Gasteiger partial charge in [0.25, 0.3) is 11.8 Å². The van der Waals surface area contributed by atoms with Gasteiger partial charge in [-0.25, -0.2) is 4.79 Å².